The molecule has 10 heteroatoms. The molecule has 1 aliphatic rings. The van der Waals surface area contributed by atoms with E-state index in [0.29, 0.717) is 29.3 Å². The van der Waals surface area contributed by atoms with Crippen LogP contribution in [-0.2, 0) is 4.79 Å². The summed E-state index contributed by atoms with van der Waals surface area (Å²) >= 11 is 0.978. The minimum Gasteiger partial charge on any atom is -0.477 e. The molecule has 5 rings (SSSR count). The lowest BCUT2D eigenvalue weighted by atomic mass is 9.82. The number of aromatic nitrogens is 3. The number of halogens is 2. The second kappa shape index (κ2) is 10.4. The van der Waals surface area contributed by atoms with Crippen molar-refractivity contribution in [1.29, 1.82) is 0 Å². The van der Waals surface area contributed by atoms with E-state index in [9.17, 15) is 23.5 Å². The van der Waals surface area contributed by atoms with E-state index in [1.54, 1.807) is 29.0 Å². The highest BCUT2D eigenvalue weighted by atomic mass is 32.1. The third kappa shape index (κ3) is 5.24. The molecule has 0 aliphatic heterocycles. The molecule has 3 aromatic heterocycles. The van der Waals surface area contributed by atoms with Gasteiger partial charge in [-0.3, -0.25) is 4.79 Å². The Morgan fingerprint density at radius 2 is 1.84 bits per heavy atom. The first kappa shape index (κ1) is 25.0. The number of hydrogen-bond acceptors (Lipinski definition) is 5. The second-order valence-electron chi connectivity index (χ2n) is 9.46. The number of carboxylic acid groups (broad SMARTS) is 1. The van der Waals surface area contributed by atoms with Gasteiger partial charge in [-0.05, 0) is 49.3 Å². The van der Waals surface area contributed by atoms with E-state index in [0.717, 1.165) is 45.9 Å². The number of carboxylic acids is 1. The predicted molar refractivity (Wildman–Crippen MR) is 138 cm³/mol. The smallest absolute Gasteiger partial charge is 0.348 e. The number of nitrogens with zero attached hydrogens (tertiary/aromatic N) is 4. The Balaban J connectivity index is 1.46. The van der Waals surface area contributed by atoms with Crippen LogP contribution in [0.25, 0.3) is 27.3 Å². The number of amides is 1. The number of benzene rings is 1. The lowest BCUT2D eigenvalue weighted by molar-refractivity contribution is -0.124. The number of rotatable bonds is 7. The van der Waals surface area contributed by atoms with E-state index >= 15 is 0 Å². The largest absolute Gasteiger partial charge is 0.477 e. The molecular formula is C27H26F2N4O3S. The van der Waals surface area contributed by atoms with Crippen molar-refractivity contribution in [3.05, 3.63) is 59.7 Å². The Labute approximate surface area is 216 Å². The van der Waals surface area contributed by atoms with Crippen LogP contribution in [0.4, 0.5) is 14.5 Å². The first-order chi connectivity index (χ1) is 17.8. The number of alkyl halides is 2. The number of aromatic carboxylic acids is 1. The third-order valence-electron chi connectivity index (χ3n) is 6.85. The molecule has 37 heavy (non-hydrogen) atoms. The van der Waals surface area contributed by atoms with Crippen molar-refractivity contribution in [3.8, 4) is 21.7 Å². The van der Waals surface area contributed by atoms with Gasteiger partial charge < -0.3 is 10.0 Å². The lowest BCUT2D eigenvalue weighted by Crippen LogP contribution is -2.41. The van der Waals surface area contributed by atoms with Gasteiger partial charge in [-0.2, -0.15) is 5.10 Å². The van der Waals surface area contributed by atoms with Crippen molar-refractivity contribution in [2.24, 2.45) is 11.8 Å². The minimum absolute atomic E-state index is 0.0342. The highest BCUT2D eigenvalue weighted by Crippen LogP contribution is 2.39. The molecular weight excluding hydrogens is 498 g/mol. The first-order valence-electron chi connectivity index (χ1n) is 12.2. The van der Waals surface area contributed by atoms with Gasteiger partial charge in [0.15, 0.2) is 5.65 Å². The molecule has 0 radical (unpaired) electrons. The van der Waals surface area contributed by atoms with Gasteiger partial charge in [0, 0.05) is 34.8 Å². The maximum absolute atomic E-state index is 13.6. The van der Waals surface area contributed by atoms with Crippen molar-refractivity contribution in [3.63, 3.8) is 0 Å². The average Bonchev–Trinajstić information content (AvgIpc) is 3.52. The molecule has 0 unspecified atom stereocenters. The van der Waals surface area contributed by atoms with Crippen molar-refractivity contribution >= 4 is 34.5 Å². The fourth-order valence-corrected chi connectivity index (χ4v) is 5.83. The van der Waals surface area contributed by atoms with Crippen LogP contribution in [0.3, 0.4) is 0 Å². The summed E-state index contributed by atoms with van der Waals surface area (Å²) in [5, 5.41) is 14.4. The van der Waals surface area contributed by atoms with Crippen molar-refractivity contribution < 1.29 is 23.5 Å². The highest BCUT2D eigenvalue weighted by Gasteiger charge is 2.33. The number of carbonyl (C=O) groups is 2. The number of carbonyl (C=O) groups excluding carboxylic acids is 1. The zero-order valence-electron chi connectivity index (χ0n) is 20.2. The van der Waals surface area contributed by atoms with Crippen LogP contribution in [0.2, 0.25) is 0 Å². The van der Waals surface area contributed by atoms with Crippen LogP contribution in [0.5, 0.6) is 0 Å². The molecule has 1 saturated carbocycles. The lowest BCUT2D eigenvalue weighted by Gasteiger charge is -2.31. The average molecular weight is 525 g/mol. The molecule has 4 aromatic rings. The van der Waals surface area contributed by atoms with Crippen LogP contribution < -0.4 is 4.90 Å². The molecule has 0 spiro atoms. The summed E-state index contributed by atoms with van der Waals surface area (Å²) in [5.41, 5.74) is 3.06. The van der Waals surface area contributed by atoms with E-state index in [4.69, 9.17) is 0 Å². The van der Waals surface area contributed by atoms with Crippen molar-refractivity contribution in [2.75, 3.05) is 11.4 Å². The van der Waals surface area contributed by atoms with E-state index in [-0.39, 0.29) is 16.5 Å². The third-order valence-corrected chi connectivity index (χ3v) is 8.01. The normalized spacial score (nSPS) is 17.8. The Hall–Kier alpha value is -3.66. The van der Waals surface area contributed by atoms with E-state index < -0.39 is 24.8 Å². The molecule has 1 aromatic carbocycles. The maximum Gasteiger partial charge on any atom is 0.348 e. The summed E-state index contributed by atoms with van der Waals surface area (Å²) in [6.07, 6.45) is 3.67. The van der Waals surface area contributed by atoms with Gasteiger partial charge in [0.25, 0.3) is 6.43 Å². The first-order valence-corrected chi connectivity index (χ1v) is 13.0. The van der Waals surface area contributed by atoms with Crippen molar-refractivity contribution in [1.82, 2.24) is 14.6 Å². The quantitative estimate of drug-likeness (QED) is 0.309. The minimum atomic E-state index is -2.78. The van der Waals surface area contributed by atoms with Crippen LogP contribution >= 0.6 is 11.3 Å². The molecule has 1 aliphatic carbocycles. The fourth-order valence-electron chi connectivity index (χ4n) is 4.83. The van der Waals surface area contributed by atoms with Gasteiger partial charge in [-0.1, -0.05) is 31.2 Å². The number of hydrogen-bond donors (Lipinski definition) is 1. The van der Waals surface area contributed by atoms with Crippen molar-refractivity contribution in [2.45, 2.75) is 39.0 Å². The van der Waals surface area contributed by atoms with Gasteiger partial charge in [-0.25, -0.2) is 23.1 Å². The van der Waals surface area contributed by atoms with E-state index in [1.807, 2.05) is 30.3 Å². The highest BCUT2D eigenvalue weighted by molar-refractivity contribution is 7.18. The predicted octanol–water partition coefficient (Wildman–Crippen LogP) is 6.25. The Kier molecular flexibility index (Phi) is 7.01. The Bertz CT molecular complexity index is 1390. The molecule has 0 bridgehead atoms. The van der Waals surface area contributed by atoms with Gasteiger partial charge in [0.2, 0.25) is 5.91 Å². The number of anilines is 1. The zero-order chi connectivity index (χ0) is 26.1. The standard InChI is InChI=1S/C27H26F2N4O3S/c1-16-3-5-19(6-4-16)26(34)32(15-23(28)29)21-14-22(37-25(21)27(35)36)18-9-7-17(8-10-18)20-13-24-30-11-2-12-33(24)31-20/h2,7-14,16,19,23H,3-6,15H2,1H3,(H,35,36). The topological polar surface area (TPSA) is 87.8 Å². The maximum atomic E-state index is 13.6. The molecule has 7 nitrogen and oxygen atoms in total. The molecule has 1 fully saturated rings. The van der Waals surface area contributed by atoms with Gasteiger partial charge in [0.1, 0.15) is 4.88 Å². The van der Waals surface area contributed by atoms with Crippen LogP contribution in [-0.4, -0.2) is 44.6 Å². The van der Waals surface area contributed by atoms with Gasteiger partial charge in [-0.15, -0.1) is 11.3 Å². The monoisotopic (exact) mass is 524 g/mol. The molecule has 192 valence electrons. The van der Waals surface area contributed by atoms with E-state index in [2.05, 4.69) is 17.0 Å². The van der Waals surface area contributed by atoms with Gasteiger partial charge in [0.05, 0.1) is 17.9 Å². The SMILES string of the molecule is CC1CCC(C(=O)N(CC(F)F)c2cc(-c3ccc(-c4cc5ncccn5n4)cc3)sc2C(=O)O)CC1. The fraction of sp³-hybridized carbons (Fsp3) is 0.333. The summed E-state index contributed by atoms with van der Waals surface area (Å²) in [4.78, 5) is 31.1. The molecule has 1 amide bonds. The van der Waals surface area contributed by atoms with Crippen LogP contribution in [0, 0.1) is 11.8 Å². The van der Waals surface area contributed by atoms with E-state index in [1.165, 1.54) is 0 Å². The Morgan fingerprint density at radius 3 is 2.49 bits per heavy atom. The molecule has 0 atom stereocenters. The van der Waals surface area contributed by atoms with Crippen LogP contribution in [0.1, 0.15) is 42.3 Å². The number of fused-ring (bicyclic) bond motifs is 1. The zero-order valence-corrected chi connectivity index (χ0v) is 21.0. The Morgan fingerprint density at radius 1 is 1.14 bits per heavy atom. The van der Waals surface area contributed by atoms with Crippen LogP contribution in [0.15, 0.2) is 54.9 Å². The molecule has 3 heterocycles. The summed E-state index contributed by atoms with van der Waals surface area (Å²) in [5.74, 6) is -1.55. The summed E-state index contributed by atoms with van der Waals surface area (Å²) in [6, 6.07) is 12.6. The summed E-state index contributed by atoms with van der Waals surface area (Å²) in [6.45, 7) is 1.28. The van der Waals surface area contributed by atoms with Gasteiger partial charge >= 0.3 is 5.97 Å². The summed E-state index contributed by atoms with van der Waals surface area (Å²) in [7, 11) is 0. The second-order valence-corrected chi connectivity index (χ2v) is 10.5. The molecule has 1 N–H and O–H groups in total. The number of thiophene rings is 1. The summed E-state index contributed by atoms with van der Waals surface area (Å²) < 4.78 is 28.8. The molecule has 0 saturated heterocycles.